The van der Waals surface area contributed by atoms with Crippen LogP contribution in [0, 0.1) is 12.3 Å². The molecule has 3 heteroatoms. The molecule has 0 N–H and O–H groups in total. The summed E-state index contributed by atoms with van der Waals surface area (Å²) in [6.07, 6.45) is 8.44. The van der Waals surface area contributed by atoms with Gasteiger partial charge in [-0.05, 0) is 23.8 Å². The zero-order valence-electron chi connectivity index (χ0n) is 8.65. The van der Waals surface area contributed by atoms with E-state index in [2.05, 4.69) is 5.92 Å². The van der Waals surface area contributed by atoms with Gasteiger partial charge in [0.15, 0.2) is 0 Å². The maximum Gasteiger partial charge on any atom is 0.330 e. The Bertz CT molecular complexity index is 430. The highest BCUT2D eigenvalue weighted by Crippen LogP contribution is 2.11. The van der Waals surface area contributed by atoms with Gasteiger partial charge in [0.2, 0.25) is 0 Å². The molecule has 0 aliphatic rings. The molecule has 82 valence electrons. The first-order valence-electron chi connectivity index (χ1n) is 4.76. The van der Waals surface area contributed by atoms with Crippen LogP contribution in [0.25, 0.3) is 6.08 Å². The van der Waals surface area contributed by atoms with E-state index in [1.165, 1.54) is 6.08 Å². The van der Waals surface area contributed by atoms with Crippen molar-refractivity contribution < 1.29 is 9.53 Å². The Morgan fingerprint density at radius 2 is 2.38 bits per heavy atom. The lowest BCUT2D eigenvalue weighted by molar-refractivity contribution is -0.137. The Hall–Kier alpha value is -1.72. The molecular weight excluding hydrogens is 224 g/mol. The van der Waals surface area contributed by atoms with Gasteiger partial charge in [-0.15, -0.1) is 12.3 Å². The summed E-state index contributed by atoms with van der Waals surface area (Å²) < 4.78 is 4.83. The maximum atomic E-state index is 11.2. The second-order valence-electron chi connectivity index (χ2n) is 3.01. The molecule has 0 unspecified atom stereocenters. The van der Waals surface area contributed by atoms with E-state index in [-0.39, 0.29) is 6.61 Å². The topological polar surface area (TPSA) is 26.3 Å². The molecule has 0 radical (unpaired) electrons. The van der Waals surface area contributed by atoms with Crippen molar-refractivity contribution in [2.45, 2.75) is 6.42 Å². The largest absolute Gasteiger partial charge is 0.462 e. The number of hydrogen-bond acceptors (Lipinski definition) is 2. The fourth-order valence-corrected chi connectivity index (χ4v) is 1.23. The van der Waals surface area contributed by atoms with Crippen LogP contribution in [0.4, 0.5) is 0 Å². The summed E-state index contributed by atoms with van der Waals surface area (Å²) in [7, 11) is 0. The minimum absolute atomic E-state index is 0.245. The van der Waals surface area contributed by atoms with Gasteiger partial charge < -0.3 is 4.74 Å². The Balaban J connectivity index is 2.47. The number of carbonyl (C=O) groups is 1. The fraction of sp³-hybridized carbons (Fsp3) is 0.154. The van der Waals surface area contributed by atoms with Gasteiger partial charge in [-0.1, -0.05) is 23.7 Å². The lowest BCUT2D eigenvalue weighted by Crippen LogP contribution is -2.01. The Labute approximate surface area is 99.9 Å². The first-order chi connectivity index (χ1) is 7.72. The van der Waals surface area contributed by atoms with Crippen LogP contribution in [0.1, 0.15) is 12.0 Å². The highest BCUT2D eigenvalue weighted by atomic mass is 35.5. The fourth-order valence-electron chi connectivity index (χ4n) is 1.03. The van der Waals surface area contributed by atoms with Crippen molar-refractivity contribution in [3.63, 3.8) is 0 Å². The monoisotopic (exact) mass is 234 g/mol. The molecule has 0 atom stereocenters. The van der Waals surface area contributed by atoms with Gasteiger partial charge in [0, 0.05) is 17.5 Å². The number of esters is 1. The number of ether oxygens (including phenoxy) is 1. The van der Waals surface area contributed by atoms with Gasteiger partial charge in [-0.3, -0.25) is 0 Å². The first-order valence-corrected chi connectivity index (χ1v) is 5.14. The molecule has 0 aliphatic carbocycles. The van der Waals surface area contributed by atoms with Crippen molar-refractivity contribution in [1.29, 1.82) is 0 Å². The van der Waals surface area contributed by atoms with Gasteiger partial charge in [0.1, 0.15) is 6.61 Å². The number of halogens is 1. The number of terminal acetylenes is 1. The summed E-state index contributed by atoms with van der Waals surface area (Å²) in [6.45, 7) is 0.245. The molecule has 1 aromatic carbocycles. The van der Waals surface area contributed by atoms with Gasteiger partial charge in [-0.2, -0.15) is 0 Å². The van der Waals surface area contributed by atoms with E-state index in [9.17, 15) is 4.79 Å². The molecule has 16 heavy (non-hydrogen) atoms. The quantitative estimate of drug-likeness (QED) is 0.347. The summed E-state index contributed by atoms with van der Waals surface area (Å²) in [5.41, 5.74) is 0.849. The molecule has 0 bridgehead atoms. The summed E-state index contributed by atoms with van der Waals surface area (Å²) in [6, 6.07) is 7.18. The highest BCUT2D eigenvalue weighted by Gasteiger charge is 1.95. The smallest absolute Gasteiger partial charge is 0.330 e. The Kier molecular flexibility index (Phi) is 5.18. The molecule has 0 amide bonds. The van der Waals surface area contributed by atoms with E-state index in [0.29, 0.717) is 11.4 Å². The van der Waals surface area contributed by atoms with E-state index >= 15 is 0 Å². The van der Waals surface area contributed by atoms with Crippen LogP contribution in [-0.2, 0) is 9.53 Å². The van der Waals surface area contributed by atoms with Crippen molar-refractivity contribution >= 4 is 23.6 Å². The third-order valence-corrected chi connectivity index (χ3v) is 1.99. The third kappa shape index (κ3) is 4.68. The molecule has 2 nitrogen and oxygen atoms in total. The van der Waals surface area contributed by atoms with E-state index in [1.54, 1.807) is 18.2 Å². The number of benzene rings is 1. The molecular formula is C13H11ClO2. The molecule has 1 rings (SSSR count). The minimum Gasteiger partial charge on any atom is -0.462 e. The number of rotatable bonds is 4. The average Bonchev–Trinajstić information content (AvgIpc) is 2.27. The third-order valence-electron chi connectivity index (χ3n) is 1.75. The zero-order valence-corrected chi connectivity index (χ0v) is 9.41. The van der Waals surface area contributed by atoms with E-state index in [0.717, 1.165) is 5.56 Å². The van der Waals surface area contributed by atoms with Crippen LogP contribution in [0.3, 0.4) is 0 Å². The van der Waals surface area contributed by atoms with Gasteiger partial charge >= 0.3 is 5.97 Å². The van der Waals surface area contributed by atoms with Crippen molar-refractivity contribution in [2.75, 3.05) is 6.61 Å². The molecule has 0 fully saturated rings. The Morgan fingerprint density at radius 3 is 3.06 bits per heavy atom. The van der Waals surface area contributed by atoms with Crippen LogP contribution in [-0.4, -0.2) is 12.6 Å². The first kappa shape index (κ1) is 12.4. The van der Waals surface area contributed by atoms with Crippen molar-refractivity contribution in [2.24, 2.45) is 0 Å². The van der Waals surface area contributed by atoms with Gasteiger partial charge in [-0.25, -0.2) is 4.79 Å². The molecule has 0 aliphatic heterocycles. The Morgan fingerprint density at radius 1 is 1.56 bits per heavy atom. The summed E-state index contributed by atoms with van der Waals surface area (Å²) in [4.78, 5) is 11.2. The lowest BCUT2D eigenvalue weighted by Gasteiger charge is -1.97. The van der Waals surface area contributed by atoms with Crippen LogP contribution >= 0.6 is 11.6 Å². The van der Waals surface area contributed by atoms with Crippen molar-refractivity contribution in [3.8, 4) is 12.3 Å². The predicted molar refractivity (Wildman–Crippen MR) is 64.9 cm³/mol. The normalized spacial score (nSPS) is 10.0. The second kappa shape index (κ2) is 6.71. The maximum absolute atomic E-state index is 11.2. The van der Waals surface area contributed by atoms with Crippen LogP contribution in [0.2, 0.25) is 5.02 Å². The summed E-state index contributed by atoms with van der Waals surface area (Å²) in [5.74, 6) is 1.98. The second-order valence-corrected chi connectivity index (χ2v) is 3.45. The SMILES string of the molecule is C#CCCOC(=O)/C=C/c1cccc(Cl)c1. The average molecular weight is 235 g/mol. The lowest BCUT2D eigenvalue weighted by atomic mass is 10.2. The van der Waals surface area contributed by atoms with Crippen molar-refractivity contribution in [3.05, 3.63) is 40.9 Å². The zero-order chi connectivity index (χ0) is 11.8. The van der Waals surface area contributed by atoms with Crippen LogP contribution in [0.15, 0.2) is 30.3 Å². The van der Waals surface area contributed by atoms with Gasteiger partial charge in [0.25, 0.3) is 0 Å². The molecule has 0 aromatic heterocycles. The molecule has 0 spiro atoms. The molecule has 0 heterocycles. The van der Waals surface area contributed by atoms with E-state index in [4.69, 9.17) is 22.8 Å². The molecule has 0 saturated heterocycles. The van der Waals surface area contributed by atoms with E-state index in [1.807, 2.05) is 12.1 Å². The highest BCUT2D eigenvalue weighted by molar-refractivity contribution is 6.30. The van der Waals surface area contributed by atoms with E-state index < -0.39 is 5.97 Å². The number of hydrogen-bond donors (Lipinski definition) is 0. The number of carbonyl (C=O) groups excluding carboxylic acids is 1. The van der Waals surface area contributed by atoms with Gasteiger partial charge in [0.05, 0.1) is 0 Å². The summed E-state index contributed by atoms with van der Waals surface area (Å²) >= 11 is 5.79. The van der Waals surface area contributed by atoms with Crippen LogP contribution in [0.5, 0.6) is 0 Å². The standard InChI is InChI=1S/C13H11ClO2/c1-2-3-9-16-13(15)8-7-11-5-4-6-12(14)10-11/h1,4-8,10H,3,9H2/b8-7+. The van der Waals surface area contributed by atoms with Crippen molar-refractivity contribution in [1.82, 2.24) is 0 Å². The minimum atomic E-state index is -0.407. The summed E-state index contributed by atoms with van der Waals surface area (Å²) in [5, 5.41) is 0.628. The molecule has 0 saturated carbocycles. The molecule has 1 aromatic rings. The predicted octanol–water partition coefficient (Wildman–Crippen LogP) is 2.92. The van der Waals surface area contributed by atoms with Crippen LogP contribution < -0.4 is 0 Å².